The SMILES string of the molecule is COc1ccc(C(=O)N(OC)[C@@H]2CN(C(=O)O)CCC[C@H]2O)cc1. The molecule has 1 aliphatic rings. The van der Waals surface area contributed by atoms with Gasteiger partial charge in [-0.25, -0.2) is 9.86 Å². The van der Waals surface area contributed by atoms with Crippen molar-refractivity contribution in [3.8, 4) is 5.75 Å². The lowest BCUT2D eigenvalue weighted by Crippen LogP contribution is -2.51. The van der Waals surface area contributed by atoms with Crippen LogP contribution in [0.5, 0.6) is 5.75 Å². The number of aliphatic hydroxyl groups is 1. The number of benzene rings is 1. The smallest absolute Gasteiger partial charge is 0.407 e. The number of methoxy groups -OCH3 is 1. The van der Waals surface area contributed by atoms with Gasteiger partial charge in [0.1, 0.15) is 11.8 Å². The number of carbonyl (C=O) groups excluding carboxylic acids is 1. The summed E-state index contributed by atoms with van der Waals surface area (Å²) in [5, 5.41) is 20.6. The number of nitrogens with zero attached hydrogens (tertiary/aromatic N) is 2. The van der Waals surface area contributed by atoms with E-state index in [1.54, 1.807) is 24.3 Å². The summed E-state index contributed by atoms with van der Waals surface area (Å²) in [6, 6.07) is 5.70. The molecule has 2 amide bonds. The second-order valence-corrected chi connectivity index (χ2v) is 5.55. The van der Waals surface area contributed by atoms with E-state index in [9.17, 15) is 19.8 Å². The molecule has 1 fully saturated rings. The zero-order valence-electron chi connectivity index (χ0n) is 13.7. The molecule has 0 aromatic heterocycles. The predicted octanol–water partition coefficient (Wildman–Crippen LogP) is 1.20. The van der Waals surface area contributed by atoms with E-state index in [2.05, 4.69) is 0 Å². The highest BCUT2D eigenvalue weighted by Crippen LogP contribution is 2.20. The molecule has 2 rings (SSSR count). The summed E-state index contributed by atoms with van der Waals surface area (Å²) in [6.45, 7) is 0.309. The van der Waals surface area contributed by atoms with Crippen LogP contribution in [0.25, 0.3) is 0 Å². The van der Waals surface area contributed by atoms with Gasteiger partial charge in [0.05, 0.1) is 20.3 Å². The Morgan fingerprint density at radius 1 is 1.25 bits per heavy atom. The summed E-state index contributed by atoms with van der Waals surface area (Å²) >= 11 is 0. The number of ether oxygens (including phenoxy) is 1. The number of hydroxylamine groups is 2. The first kappa shape index (κ1) is 18.0. The minimum atomic E-state index is -1.08. The second kappa shape index (κ2) is 7.98. The van der Waals surface area contributed by atoms with Crippen LogP contribution in [0.2, 0.25) is 0 Å². The fourth-order valence-electron chi connectivity index (χ4n) is 2.76. The highest BCUT2D eigenvalue weighted by Gasteiger charge is 2.35. The fourth-order valence-corrected chi connectivity index (χ4v) is 2.76. The quantitative estimate of drug-likeness (QED) is 0.801. The topological polar surface area (TPSA) is 99.5 Å². The molecule has 2 N–H and O–H groups in total. The van der Waals surface area contributed by atoms with Gasteiger partial charge in [-0.2, -0.15) is 0 Å². The summed E-state index contributed by atoms with van der Waals surface area (Å²) < 4.78 is 5.06. The van der Waals surface area contributed by atoms with Crippen molar-refractivity contribution in [3.05, 3.63) is 29.8 Å². The average Bonchev–Trinajstić information content (AvgIpc) is 2.78. The normalized spacial score (nSPS) is 21.0. The molecule has 132 valence electrons. The summed E-state index contributed by atoms with van der Waals surface area (Å²) in [7, 11) is 2.85. The molecule has 0 unspecified atom stereocenters. The summed E-state index contributed by atoms with van der Waals surface area (Å²) in [6.07, 6.45) is -1.03. The first-order valence-electron chi connectivity index (χ1n) is 7.65. The van der Waals surface area contributed by atoms with E-state index in [1.807, 2.05) is 0 Å². The fraction of sp³-hybridized carbons (Fsp3) is 0.500. The van der Waals surface area contributed by atoms with Crippen LogP contribution in [-0.4, -0.2) is 71.6 Å². The van der Waals surface area contributed by atoms with Crippen LogP contribution in [0.3, 0.4) is 0 Å². The van der Waals surface area contributed by atoms with E-state index in [4.69, 9.17) is 9.57 Å². The Bertz CT molecular complexity index is 576. The Morgan fingerprint density at radius 3 is 2.46 bits per heavy atom. The molecule has 1 heterocycles. The number of aliphatic hydroxyl groups excluding tert-OH is 1. The zero-order valence-corrected chi connectivity index (χ0v) is 13.7. The van der Waals surface area contributed by atoms with Crippen molar-refractivity contribution < 1.29 is 29.4 Å². The molecule has 24 heavy (non-hydrogen) atoms. The Balaban J connectivity index is 2.22. The summed E-state index contributed by atoms with van der Waals surface area (Å²) in [5.74, 6) is 0.165. The van der Waals surface area contributed by atoms with Gasteiger partial charge in [0.2, 0.25) is 0 Å². The highest BCUT2D eigenvalue weighted by molar-refractivity contribution is 5.94. The lowest BCUT2D eigenvalue weighted by Gasteiger charge is -2.33. The molecule has 8 heteroatoms. The Kier molecular flexibility index (Phi) is 5.99. The Hall–Kier alpha value is -2.32. The number of hydrogen-bond acceptors (Lipinski definition) is 5. The van der Waals surface area contributed by atoms with Crippen LogP contribution in [0, 0.1) is 0 Å². The minimum Gasteiger partial charge on any atom is -0.497 e. The first-order chi connectivity index (χ1) is 11.5. The summed E-state index contributed by atoms with van der Waals surface area (Å²) in [4.78, 5) is 30.3. The molecule has 0 radical (unpaired) electrons. The van der Waals surface area contributed by atoms with Crippen molar-refractivity contribution in [3.63, 3.8) is 0 Å². The standard InChI is InChI=1S/C16H22N2O6/c1-23-12-7-5-11(6-8-12)15(20)18(24-2)13-10-17(16(21)22)9-3-4-14(13)19/h5-8,13-14,19H,3-4,9-10H2,1-2H3,(H,21,22)/t13-,14-/m1/s1. The van der Waals surface area contributed by atoms with Gasteiger partial charge in [0.25, 0.3) is 5.91 Å². The summed E-state index contributed by atoms with van der Waals surface area (Å²) in [5.41, 5.74) is 0.357. The first-order valence-corrected chi connectivity index (χ1v) is 7.65. The monoisotopic (exact) mass is 338 g/mol. The molecule has 0 saturated carbocycles. The molecule has 2 atom stereocenters. The van der Waals surface area contributed by atoms with Gasteiger partial charge in [0, 0.05) is 18.7 Å². The maximum absolute atomic E-state index is 12.7. The predicted molar refractivity (Wildman–Crippen MR) is 84.8 cm³/mol. The number of hydrogen-bond donors (Lipinski definition) is 2. The van der Waals surface area contributed by atoms with Crippen molar-refractivity contribution in [1.29, 1.82) is 0 Å². The molecule has 0 bridgehead atoms. The highest BCUT2D eigenvalue weighted by atomic mass is 16.7. The van der Waals surface area contributed by atoms with Crippen molar-refractivity contribution in [2.24, 2.45) is 0 Å². The van der Waals surface area contributed by atoms with E-state index < -0.39 is 24.1 Å². The van der Waals surface area contributed by atoms with Gasteiger partial charge in [-0.15, -0.1) is 0 Å². The third-order valence-electron chi connectivity index (χ3n) is 4.09. The van der Waals surface area contributed by atoms with Gasteiger partial charge < -0.3 is 19.8 Å². The number of amides is 2. The van der Waals surface area contributed by atoms with Crippen molar-refractivity contribution in [2.45, 2.75) is 25.0 Å². The van der Waals surface area contributed by atoms with Gasteiger partial charge in [0.15, 0.2) is 0 Å². The van der Waals surface area contributed by atoms with E-state index in [-0.39, 0.29) is 6.54 Å². The molecule has 0 spiro atoms. The molecular weight excluding hydrogens is 316 g/mol. The maximum atomic E-state index is 12.7. The van der Waals surface area contributed by atoms with Crippen LogP contribution in [0.15, 0.2) is 24.3 Å². The van der Waals surface area contributed by atoms with Gasteiger partial charge >= 0.3 is 6.09 Å². The number of rotatable bonds is 4. The van der Waals surface area contributed by atoms with Gasteiger partial charge in [-0.05, 0) is 37.1 Å². The van der Waals surface area contributed by atoms with Gasteiger partial charge in [-0.3, -0.25) is 9.63 Å². The lowest BCUT2D eigenvalue weighted by molar-refractivity contribution is -0.149. The molecule has 1 aromatic carbocycles. The second-order valence-electron chi connectivity index (χ2n) is 5.55. The van der Waals surface area contributed by atoms with Crippen LogP contribution >= 0.6 is 0 Å². The molecule has 0 aliphatic carbocycles. The molecule has 1 aliphatic heterocycles. The van der Waals surface area contributed by atoms with E-state index in [1.165, 1.54) is 19.1 Å². The van der Waals surface area contributed by atoms with Crippen molar-refractivity contribution in [2.75, 3.05) is 27.3 Å². The zero-order chi connectivity index (χ0) is 17.7. The van der Waals surface area contributed by atoms with Crippen LogP contribution < -0.4 is 4.74 Å². The molecule has 1 saturated heterocycles. The third-order valence-corrected chi connectivity index (χ3v) is 4.09. The molecule has 8 nitrogen and oxygen atoms in total. The Morgan fingerprint density at radius 2 is 1.92 bits per heavy atom. The van der Waals surface area contributed by atoms with Crippen LogP contribution in [-0.2, 0) is 4.84 Å². The number of carboxylic acid groups (broad SMARTS) is 1. The number of carbonyl (C=O) groups is 2. The molecule has 1 aromatic rings. The average molecular weight is 338 g/mol. The number of likely N-dealkylation sites (tertiary alicyclic amines) is 1. The van der Waals surface area contributed by atoms with E-state index in [0.29, 0.717) is 30.7 Å². The minimum absolute atomic E-state index is 0.00770. The van der Waals surface area contributed by atoms with Crippen LogP contribution in [0.1, 0.15) is 23.2 Å². The molecular formula is C16H22N2O6. The van der Waals surface area contributed by atoms with E-state index >= 15 is 0 Å². The van der Waals surface area contributed by atoms with Crippen molar-refractivity contribution in [1.82, 2.24) is 9.96 Å². The maximum Gasteiger partial charge on any atom is 0.407 e. The van der Waals surface area contributed by atoms with E-state index in [0.717, 1.165) is 5.06 Å². The third kappa shape index (κ3) is 3.95. The van der Waals surface area contributed by atoms with Crippen molar-refractivity contribution >= 4 is 12.0 Å². The van der Waals surface area contributed by atoms with Gasteiger partial charge in [-0.1, -0.05) is 0 Å². The Labute approximate surface area is 140 Å². The lowest BCUT2D eigenvalue weighted by atomic mass is 10.1. The largest absolute Gasteiger partial charge is 0.497 e. The van der Waals surface area contributed by atoms with Crippen LogP contribution in [0.4, 0.5) is 4.79 Å².